The second-order valence-electron chi connectivity index (χ2n) is 7.76. The molecule has 1 aliphatic rings. The fraction of sp³-hybridized carbons (Fsp3) is 0.417. The Morgan fingerprint density at radius 2 is 1.62 bits per heavy atom. The lowest BCUT2D eigenvalue weighted by atomic mass is 10.2. The second kappa shape index (κ2) is 11.3. The smallest absolute Gasteiger partial charge is 0.338 e. The summed E-state index contributed by atoms with van der Waals surface area (Å²) >= 11 is 0. The molecular weight excluding hydrogens is 458 g/mol. The molecule has 9 nitrogen and oxygen atoms in total. The second-order valence-corrected chi connectivity index (χ2v) is 9.70. The van der Waals surface area contributed by atoms with Crippen molar-refractivity contribution in [2.75, 3.05) is 57.9 Å². The van der Waals surface area contributed by atoms with Gasteiger partial charge >= 0.3 is 5.97 Å². The molecule has 1 amide bonds. The predicted octanol–water partition coefficient (Wildman–Crippen LogP) is 2.23. The van der Waals surface area contributed by atoms with Crippen LogP contribution in [-0.4, -0.2) is 82.5 Å². The Bertz CT molecular complexity index is 1090. The molecule has 1 aliphatic heterocycles. The van der Waals surface area contributed by atoms with Gasteiger partial charge in [0.15, 0.2) is 6.61 Å². The standard InChI is InChI=1S/C24H31N3O6S/c1-4-27(5-2)34(30,31)22-8-6-7-19(17-22)24(29)33-18-23(28)26-15-13-25(14-16-26)20-9-11-21(32-3)12-10-20/h6-12,17H,4-5,13-16,18H2,1-3H3. The fourth-order valence-corrected chi connectivity index (χ4v) is 5.31. The number of sulfonamides is 1. The largest absolute Gasteiger partial charge is 0.497 e. The van der Waals surface area contributed by atoms with Crippen molar-refractivity contribution in [2.45, 2.75) is 18.7 Å². The third-order valence-electron chi connectivity index (χ3n) is 5.81. The molecule has 1 saturated heterocycles. The number of hydrogen-bond acceptors (Lipinski definition) is 7. The van der Waals surface area contributed by atoms with Crippen LogP contribution in [0.1, 0.15) is 24.2 Å². The number of piperazine rings is 1. The average molecular weight is 490 g/mol. The van der Waals surface area contributed by atoms with Gasteiger partial charge in [-0.2, -0.15) is 4.31 Å². The van der Waals surface area contributed by atoms with E-state index in [1.54, 1.807) is 25.9 Å². The van der Waals surface area contributed by atoms with Crippen molar-refractivity contribution < 1.29 is 27.5 Å². The highest BCUT2D eigenvalue weighted by atomic mass is 32.2. The molecular formula is C24H31N3O6S. The Hall–Kier alpha value is -3.11. The van der Waals surface area contributed by atoms with Crippen LogP contribution in [0.2, 0.25) is 0 Å². The van der Waals surface area contributed by atoms with Crippen molar-refractivity contribution in [3.8, 4) is 5.75 Å². The number of esters is 1. The van der Waals surface area contributed by atoms with E-state index in [-0.39, 0.29) is 16.4 Å². The van der Waals surface area contributed by atoms with Crippen LogP contribution in [0.25, 0.3) is 0 Å². The van der Waals surface area contributed by atoms with Gasteiger partial charge < -0.3 is 19.3 Å². The summed E-state index contributed by atoms with van der Waals surface area (Å²) in [5, 5.41) is 0. The van der Waals surface area contributed by atoms with Crippen LogP contribution in [-0.2, 0) is 19.6 Å². The zero-order valence-electron chi connectivity index (χ0n) is 19.8. The number of benzene rings is 2. The molecule has 0 aromatic heterocycles. The average Bonchev–Trinajstić information content (AvgIpc) is 2.88. The summed E-state index contributed by atoms with van der Waals surface area (Å²) in [7, 11) is -2.08. The summed E-state index contributed by atoms with van der Waals surface area (Å²) in [4.78, 5) is 28.9. The molecule has 0 spiro atoms. The molecule has 0 saturated carbocycles. The Balaban J connectivity index is 1.54. The summed E-state index contributed by atoms with van der Waals surface area (Å²) in [5.41, 5.74) is 1.14. The van der Waals surface area contributed by atoms with Crippen molar-refractivity contribution in [3.63, 3.8) is 0 Å². The van der Waals surface area contributed by atoms with Gasteiger partial charge in [-0.05, 0) is 42.5 Å². The SMILES string of the molecule is CCN(CC)S(=O)(=O)c1cccc(C(=O)OCC(=O)N2CCN(c3ccc(OC)cc3)CC2)c1. The van der Waals surface area contributed by atoms with Crippen molar-refractivity contribution >= 4 is 27.6 Å². The number of nitrogens with zero attached hydrogens (tertiary/aromatic N) is 3. The van der Waals surface area contributed by atoms with Crippen molar-refractivity contribution in [1.82, 2.24) is 9.21 Å². The molecule has 184 valence electrons. The molecule has 1 fully saturated rings. The topological polar surface area (TPSA) is 96.5 Å². The monoisotopic (exact) mass is 489 g/mol. The van der Waals surface area contributed by atoms with Gasteiger partial charge in [0.25, 0.3) is 5.91 Å². The van der Waals surface area contributed by atoms with E-state index in [1.807, 2.05) is 24.3 Å². The normalized spacial score (nSPS) is 14.2. The van der Waals surface area contributed by atoms with Crippen molar-refractivity contribution in [2.24, 2.45) is 0 Å². The van der Waals surface area contributed by atoms with E-state index in [0.717, 1.165) is 11.4 Å². The molecule has 10 heteroatoms. The Labute approximate surface area is 200 Å². The summed E-state index contributed by atoms with van der Waals surface area (Å²) in [6.45, 7) is 6.12. The van der Waals surface area contributed by atoms with E-state index in [9.17, 15) is 18.0 Å². The van der Waals surface area contributed by atoms with Gasteiger partial charge in [0.05, 0.1) is 17.6 Å². The third-order valence-corrected chi connectivity index (χ3v) is 7.86. The zero-order chi connectivity index (χ0) is 24.7. The van der Waals surface area contributed by atoms with Crippen LogP contribution >= 0.6 is 0 Å². The molecule has 3 rings (SSSR count). The number of amides is 1. The third kappa shape index (κ3) is 5.87. The van der Waals surface area contributed by atoms with Crippen molar-refractivity contribution in [1.29, 1.82) is 0 Å². The van der Waals surface area contributed by atoms with Crippen LogP contribution in [0.15, 0.2) is 53.4 Å². The first-order valence-corrected chi connectivity index (χ1v) is 12.7. The molecule has 34 heavy (non-hydrogen) atoms. The van der Waals surface area contributed by atoms with Crippen LogP contribution in [0, 0.1) is 0 Å². The first kappa shape index (κ1) is 25.5. The minimum atomic E-state index is -3.70. The van der Waals surface area contributed by atoms with Gasteiger partial charge in [-0.15, -0.1) is 0 Å². The number of carbonyl (C=O) groups is 2. The predicted molar refractivity (Wildman–Crippen MR) is 129 cm³/mol. The maximum Gasteiger partial charge on any atom is 0.338 e. The first-order valence-electron chi connectivity index (χ1n) is 11.2. The molecule has 0 bridgehead atoms. The number of rotatable bonds is 9. The Kier molecular flexibility index (Phi) is 8.51. The van der Waals surface area contributed by atoms with E-state index in [0.29, 0.717) is 39.3 Å². The molecule has 0 aliphatic carbocycles. The summed E-state index contributed by atoms with van der Waals surface area (Å²) < 4.78 is 37.1. The number of anilines is 1. The first-order chi connectivity index (χ1) is 16.3. The fourth-order valence-electron chi connectivity index (χ4n) is 3.81. The van der Waals surface area contributed by atoms with Crippen LogP contribution in [0.5, 0.6) is 5.75 Å². The van der Waals surface area contributed by atoms with Crippen LogP contribution in [0.3, 0.4) is 0 Å². The van der Waals surface area contributed by atoms with Crippen molar-refractivity contribution in [3.05, 3.63) is 54.1 Å². The molecule has 2 aromatic rings. The van der Waals surface area contributed by atoms with Crippen LogP contribution < -0.4 is 9.64 Å². The summed E-state index contributed by atoms with van der Waals surface area (Å²) in [6, 6.07) is 13.4. The molecule has 1 heterocycles. The molecule has 0 N–H and O–H groups in total. The van der Waals surface area contributed by atoms with Gasteiger partial charge in [0, 0.05) is 45.0 Å². The molecule has 0 unspecified atom stereocenters. The molecule has 0 radical (unpaired) electrons. The summed E-state index contributed by atoms with van der Waals surface area (Å²) in [5.74, 6) is -0.230. The number of carbonyl (C=O) groups excluding carboxylic acids is 2. The lowest BCUT2D eigenvalue weighted by molar-refractivity contribution is -0.134. The minimum absolute atomic E-state index is 0.0200. The van der Waals surface area contributed by atoms with E-state index < -0.39 is 22.6 Å². The Morgan fingerprint density at radius 3 is 2.21 bits per heavy atom. The van der Waals surface area contributed by atoms with E-state index >= 15 is 0 Å². The maximum absolute atomic E-state index is 12.7. The zero-order valence-corrected chi connectivity index (χ0v) is 20.6. The highest BCUT2D eigenvalue weighted by Crippen LogP contribution is 2.21. The Morgan fingerprint density at radius 1 is 0.971 bits per heavy atom. The van der Waals surface area contributed by atoms with Gasteiger partial charge in [-0.25, -0.2) is 13.2 Å². The van der Waals surface area contributed by atoms with E-state index in [4.69, 9.17) is 9.47 Å². The number of hydrogen-bond donors (Lipinski definition) is 0. The quantitative estimate of drug-likeness (QED) is 0.499. The van der Waals surface area contributed by atoms with Gasteiger partial charge in [0.2, 0.25) is 10.0 Å². The highest BCUT2D eigenvalue weighted by molar-refractivity contribution is 7.89. The van der Waals surface area contributed by atoms with E-state index in [2.05, 4.69) is 4.90 Å². The van der Waals surface area contributed by atoms with Crippen LogP contribution in [0.4, 0.5) is 5.69 Å². The number of methoxy groups -OCH3 is 1. The molecule has 2 aromatic carbocycles. The van der Waals surface area contributed by atoms with Gasteiger partial charge in [-0.1, -0.05) is 19.9 Å². The summed E-state index contributed by atoms with van der Waals surface area (Å²) in [6.07, 6.45) is 0. The lowest BCUT2D eigenvalue weighted by Crippen LogP contribution is -2.49. The van der Waals surface area contributed by atoms with E-state index in [1.165, 1.54) is 28.6 Å². The maximum atomic E-state index is 12.7. The minimum Gasteiger partial charge on any atom is -0.497 e. The van der Waals surface area contributed by atoms with Gasteiger partial charge in [-0.3, -0.25) is 4.79 Å². The highest BCUT2D eigenvalue weighted by Gasteiger charge is 2.25. The van der Waals surface area contributed by atoms with Gasteiger partial charge in [0.1, 0.15) is 5.75 Å². The molecule has 0 atom stereocenters. The number of ether oxygens (including phenoxy) is 2. The lowest BCUT2D eigenvalue weighted by Gasteiger charge is -2.36.